The highest BCUT2D eigenvalue weighted by atomic mass is 35.5. The number of hydrogen-bond acceptors (Lipinski definition) is 5. The average molecular weight is 422 g/mol. The summed E-state index contributed by atoms with van der Waals surface area (Å²) in [5.74, 6) is 0.648. The van der Waals surface area contributed by atoms with Crippen LogP contribution < -0.4 is 10.6 Å². The molecule has 2 amide bonds. The number of rotatable bonds is 7. The smallest absolute Gasteiger partial charge is 0.253 e. The summed E-state index contributed by atoms with van der Waals surface area (Å²) < 4.78 is 1.80. The summed E-state index contributed by atoms with van der Waals surface area (Å²) in [5, 5.41) is 15.3. The normalized spacial score (nSPS) is 15.4. The highest BCUT2D eigenvalue weighted by molar-refractivity contribution is 7.99. The van der Waals surface area contributed by atoms with E-state index in [0.717, 1.165) is 12.8 Å². The van der Waals surface area contributed by atoms with Crippen molar-refractivity contribution in [2.24, 2.45) is 7.05 Å². The lowest BCUT2D eigenvalue weighted by Crippen LogP contribution is -2.33. The zero-order valence-electron chi connectivity index (χ0n) is 15.9. The van der Waals surface area contributed by atoms with E-state index in [1.807, 2.05) is 14.0 Å². The van der Waals surface area contributed by atoms with Crippen LogP contribution in [0.5, 0.6) is 0 Å². The largest absolute Gasteiger partial charge is 0.353 e. The van der Waals surface area contributed by atoms with Crippen molar-refractivity contribution in [3.8, 4) is 0 Å². The molecule has 1 heterocycles. The maximum Gasteiger partial charge on any atom is 0.253 e. The fraction of sp³-hybridized carbons (Fsp3) is 0.474. The Morgan fingerprint density at radius 1 is 1.29 bits per heavy atom. The minimum atomic E-state index is -0.358. The molecule has 0 saturated heterocycles. The van der Waals surface area contributed by atoms with Crippen molar-refractivity contribution in [3.63, 3.8) is 0 Å². The minimum Gasteiger partial charge on any atom is -0.353 e. The maximum absolute atomic E-state index is 12.4. The Hall–Kier alpha value is -2.06. The number of hydrogen-bond donors (Lipinski definition) is 2. The second-order valence-corrected chi connectivity index (χ2v) is 8.26. The summed E-state index contributed by atoms with van der Waals surface area (Å²) >= 11 is 7.42. The molecule has 0 spiro atoms. The van der Waals surface area contributed by atoms with Crippen LogP contribution in [0.1, 0.15) is 54.8 Å². The third kappa shape index (κ3) is 5.05. The van der Waals surface area contributed by atoms with E-state index in [4.69, 9.17) is 11.6 Å². The summed E-state index contributed by atoms with van der Waals surface area (Å²) in [6.45, 7) is 1.83. The molecule has 1 atom stereocenters. The van der Waals surface area contributed by atoms with Crippen LogP contribution in [0, 0.1) is 0 Å². The van der Waals surface area contributed by atoms with Gasteiger partial charge in [-0.15, -0.1) is 10.2 Å². The third-order valence-corrected chi connectivity index (χ3v) is 6.12. The van der Waals surface area contributed by atoms with Gasteiger partial charge in [0.2, 0.25) is 5.91 Å². The van der Waals surface area contributed by atoms with Crippen molar-refractivity contribution in [2.45, 2.75) is 49.8 Å². The Morgan fingerprint density at radius 2 is 2.00 bits per heavy atom. The van der Waals surface area contributed by atoms with Gasteiger partial charge >= 0.3 is 0 Å². The van der Waals surface area contributed by atoms with Crippen LogP contribution in [0.3, 0.4) is 0 Å². The van der Waals surface area contributed by atoms with E-state index in [0.29, 0.717) is 33.4 Å². The predicted octanol–water partition coefficient (Wildman–Crippen LogP) is 3.11. The minimum absolute atomic E-state index is 0.0153. The molecule has 1 aromatic carbocycles. The molecule has 2 N–H and O–H groups in total. The van der Waals surface area contributed by atoms with Crippen LogP contribution in [0.4, 0.5) is 0 Å². The number of halogens is 1. The van der Waals surface area contributed by atoms with E-state index in [1.165, 1.54) is 24.6 Å². The first-order valence-electron chi connectivity index (χ1n) is 9.32. The Bertz CT molecular complexity index is 851. The molecule has 150 valence electrons. The molecule has 1 aromatic heterocycles. The van der Waals surface area contributed by atoms with Crippen molar-refractivity contribution in [1.82, 2.24) is 25.4 Å². The highest BCUT2D eigenvalue weighted by Crippen LogP contribution is 2.21. The van der Waals surface area contributed by atoms with Gasteiger partial charge < -0.3 is 15.2 Å². The molecule has 28 heavy (non-hydrogen) atoms. The first-order valence-corrected chi connectivity index (χ1v) is 10.7. The SMILES string of the molecule is C[C@H](NC(=O)c1ccccc1Cl)c1nnc(SCC(=O)NC2CCCC2)n1C. The second-order valence-electron chi connectivity index (χ2n) is 6.91. The molecule has 9 heteroatoms. The first kappa shape index (κ1) is 20.7. The van der Waals surface area contributed by atoms with Crippen LogP contribution in [0.25, 0.3) is 0 Å². The van der Waals surface area contributed by atoms with Gasteiger partial charge in [-0.05, 0) is 31.9 Å². The van der Waals surface area contributed by atoms with Crippen molar-refractivity contribution < 1.29 is 9.59 Å². The first-order chi connectivity index (χ1) is 13.5. The van der Waals surface area contributed by atoms with Crippen molar-refractivity contribution >= 4 is 35.2 Å². The quantitative estimate of drug-likeness (QED) is 0.670. The van der Waals surface area contributed by atoms with Crippen LogP contribution in [0.2, 0.25) is 5.02 Å². The summed E-state index contributed by atoms with van der Waals surface area (Å²) in [6, 6.07) is 6.84. The summed E-state index contributed by atoms with van der Waals surface area (Å²) in [5.41, 5.74) is 0.413. The highest BCUT2D eigenvalue weighted by Gasteiger charge is 2.21. The van der Waals surface area contributed by atoms with Crippen LogP contribution in [0.15, 0.2) is 29.4 Å². The van der Waals surface area contributed by atoms with Gasteiger partial charge in [-0.1, -0.05) is 48.3 Å². The van der Waals surface area contributed by atoms with E-state index >= 15 is 0 Å². The molecule has 7 nitrogen and oxygen atoms in total. The van der Waals surface area contributed by atoms with Gasteiger partial charge in [0.15, 0.2) is 11.0 Å². The number of carbonyl (C=O) groups is 2. The lowest BCUT2D eigenvalue weighted by molar-refractivity contribution is -0.119. The zero-order valence-corrected chi connectivity index (χ0v) is 17.5. The number of nitrogens with zero attached hydrogens (tertiary/aromatic N) is 3. The molecule has 3 rings (SSSR count). The summed E-state index contributed by atoms with van der Waals surface area (Å²) in [7, 11) is 1.82. The topological polar surface area (TPSA) is 88.9 Å². The molecule has 1 aliphatic carbocycles. The van der Waals surface area contributed by atoms with Gasteiger partial charge in [0.05, 0.1) is 22.4 Å². The van der Waals surface area contributed by atoms with Crippen molar-refractivity contribution in [3.05, 3.63) is 40.7 Å². The molecule has 1 saturated carbocycles. The van der Waals surface area contributed by atoms with Gasteiger partial charge in [0.1, 0.15) is 0 Å². The molecule has 0 unspecified atom stereocenters. The Kier molecular flexibility index (Phi) is 6.96. The number of amides is 2. The van der Waals surface area contributed by atoms with Gasteiger partial charge in [-0.3, -0.25) is 9.59 Å². The van der Waals surface area contributed by atoms with Gasteiger partial charge in [0, 0.05) is 13.1 Å². The molecule has 0 radical (unpaired) electrons. The van der Waals surface area contributed by atoms with E-state index in [-0.39, 0.29) is 17.9 Å². The lowest BCUT2D eigenvalue weighted by Gasteiger charge is -2.14. The van der Waals surface area contributed by atoms with Crippen LogP contribution in [-0.2, 0) is 11.8 Å². The number of nitrogens with one attached hydrogen (secondary N) is 2. The molecule has 1 fully saturated rings. The standard InChI is InChI=1S/C19H24ClN5O2S/c1-12(21-18(27)14-9-5-6-10-15(14)20)17-23-24-19(25(17)2)28-11-16(26)22-13-7-3-4-8-13/h5-6,9-10,12-13H,3-4,7-8,11H2,1-2H3,(H,21,27)(H,22,26)/t12-/m0/s1. The van der Waals surface area contributed by atoms with E-state index in [1.54, 1.807) is 28.8 Å². The average Bonchev–Trinajstić information content (AvgIpc) is 3.30. The summed E-state index contributed by atoms with van der Waals surface area (Å²) in [6.07, 6.45) is 4.49. The second kappa shape index (κ2) is 9.43. The lowest BCUT2D eigenvalue weighted by atomic mass is 10.2. The Labute approximate surface area is 173 Å². The molecule has 0 bridgehead atoms. The van der Waals surface area contributed by atoms with Crippen molar-refractivity contribution in [2.75, 3.05) is 5.75 Å². The monoisotopic (exact) mass is 421 g/mol. The number of aromatic nitrogens is 3. The fourth-order valence-electron chi connectivity index (χ4n) is 3.28. The fourth-order valence-corrected chi connectivity index (χ4v) is 4.23. The zero-order chi connectivity index (χ0) is 20.1. The maximum atomic E-state index is 12.4. The van der Waals surface area contributed by atoms with Gasteiger partial charge in [-0.2, -0.15) is 0 Å². The van der Waals surface area contributed by atoms with E-state index < -0.39 is 0 Å². The molecular formula is C19H24ClN5O2S. The molecular weight excluding hydrogens is 398 g/mol. The predicted molar refractivity (Wildman–Crippen MR) is 109 cm³/mol. The van der Waals surface area contributed by atoms with Gasteiger partial charge in [0.25, 0.3) is 5.91 Å². The van der Waals surface area contributed by atoms with Crippen molar-refractivity contribution in [1.29, 1.82) is 0 Å². The number of thioether (sulfide) groups is 1. The molecule has 1 aliphatic rings. The van der Waals surface area contributed by atoms with E-state index in [9.17, 15) is 9.59 Å². The van der Waals surface area contributed by atoms with Crippen LogP contribution >= 0.6 is 23.4 Å². The third-order valence-electron chi connectivity index (χ3n) is 4.77. The number of benzene rings is 1. The summed E-state index contributed by atoms with van der Waals surface area (Å²) in [4.78, 5) is 24.5. The van der Waals surface area contributed by atoms with E-state index in [2.05, 4.69) is 20.8 Å². The molecule has 2 aromatic rings. The van der Waals surface area contributed by atoms with Gasteiger partial charge in [-0.25, -0.2) is 0 Å². The Morgan fingerprint density at radius 3 is 2.71 bits per heavy atom. The van der Waals surface area contributed by atoms with Crippen LogP contribution in [-0.4, -0.2) is 38.4 Å². The number of carbonyl (C=O) groups excluding carboxylic acids is 2. The Balaban J connectivity index is 1.56. The molecule has 0 aliphatic heterocycles.